The van der Waals surface area contributed by atoms with Gasteiger partial charge in [0.15, 0.2) is 0 Å². The molecule has 7 heteroatoms. The monoisotopic (exact) mass is 294 g/mol. The molecular weight excluding hydrogens is 276 g/mol. The molecule has 0 saturated heterocycles. The molecule has 0 aliphatic heterocycles. The van der Waals surface area contributed by atoms with E-state index in [4.69, 9.17) is 15.9 Å². The van der Waals surface area contributed by atoms with Crippen LogP contribution >= 0.6 is 0 Å². The molecule has 114 valence electrons. The Morgan fingerprint density at radius 3 is 2.24 bits per heavy atom. The highest BCUT2D eigenvalue weighted by molar-refractivity contribution is 5.88. The summed E-state index contributed by atoms with van der Waals surface area (Å²) in [5.74, 6) is -3.58. The molecule has 0 fully saturated rings. The zero-order valence-corrected chi connectivity index (χ0v) is 11.4. The minimum atomic E-state index is -1.27. The van der Waals surface area contributed by atoms with Gasteiger partial charge in [0.25, 0.3) is 0 Å². The normalized spacial score (nSPS) is 13.2. The minimum absolute atomic E-state index is 0.0289. The van der Waals surface area contributed by atoms with E-state index in [0.717, 1.165) is 0 Å². The Kier molecular flexibility index (Phi) is 6.35. The van der Waals surface area contributed by atoms with Gasteiger partial charge in [-0.15, -0.1) is 0 Å². The molecule has 2 unspecified atom stereocenters. The predicted octanol–water partition coefficient (Wildman–Crippen LogP) is 0.163. The summed E-state index contributed by atoms with van der Waals surface area (Å²) in [6.07, 6.45) is -0.516. The summed E-state index contributed by atoms with van der Waals surface area (Å²) >= 11 is 0. The van der Waals surface area contributed by atoms with Gasteiger partial charge in [-0.2, -0.15) is 0 Å². The number of carbonyl (C=O) groups is 3. The Bertz CT molecular complexity index is 503. The van der Waals surface area contributed by atoms with E-state index in [0.29, 0.717) is 5.56 Å². The van der Waals surface area contributed by atoms with Gasteiger partial charge in [-0.3, -0.25) is 9.59 Å². The van der Waals surface area contributed by atoms with Crippen LogP contribution < -0.4 is 11.1 Å². The summed E-state index contributed by atoms with van der Waals surface area (Å²) in [5.41, 5.74) is 6.26. The van der Waals surface area contributed by atoms with E-state index in [1.54, 1.807) is 30.3 Å². The van der Waals surface area contributed by atoms with Crippen LogP contribution in [-0.2, 0) is 14.4 Å². The minimum Gasteiger partial charge on any atom is -0.481 e. The molecular formula is C14H18N2O5. The lowest BCUT2D eigenvalue weighted by Crippen LogP contribution is -2.44. The van der Waals surface area contributed by atoms with Gasteiger partial charge in [-0.1, -0.05) is 30.3 Å². The third-order valence-corrected chi connectivity index (χ3v) is 3.02. The molecule has 1 rings (SSSR count). The van der Waals surface area contributed by atoms with Crippen LogP contribution in [0.5, 0.6) is 0 Å². The Balaban J connectivity index is 2.75. The maximum absolute atomic E-state index is 12.1. The number of hydrogen-bond acceptors (Lipinski definition) is 4. The molecule has 0 saturated carbocycles. The molecule has 7 nitrogen and oxygen atoms in total. The fourth-order valence-electron chi connectivity index (χ4n) is 1.88. The van der Waals surface area contributed by atoms with Gasteiger partial charge in [0, 0.05) is 13.0 Å². The SMILES string of the molecule is NCC(C(=O)NC(CCC(=O)O)C(=O)O)c1ccccc1. The summed E-state index contributed by atoms with van der Waals surface area (Å²) in [6.45, 7) is 0.0289. The lowest BCUT2D eigenvalue weighted by Gasteiger charge is -2.19. The molecule has 21 heavy (non-hydrogen) atoms. The molecule has 1 aromatic rings. The molecule has 0 radical (unpaired) electrons. The zero-order valence-electron chi connectivity index (χ0n) is 11.4. The molecule has 1 amide bonds. The van der Waals surface area contributed by atoms with Crippen LogP contribution in [-0.4, -0.2) is 40.6 Å². The number of amides is 1. The number of aliphatic carboxylic acids is 2. The van der Waals surface area contributed by atoms with Gasteiger partial charge < -0.3 is 21.3 Å². The quantitative estimate of drug-likeness (QED) is 0.540. The third kappa shape index (κ3) is 5.23. The first-order chi connectivity index (χ1) is 9.95. The van der Waals surface area contributed by atoms with E-state index >= 15 is 0 Å². The third-order valence-electron chi connectivity index (χ3n) is 3.02. The fraction of sp³-hybridized carbons (Fsp3) is 0.357. The average Bonchev–Trinajstić information content (AvgIpc) is 2.44. The van der Waals surface area contributed by atoms with E-state index in [1.165, 1.54) is 0 Å². The lowest BCUT2D eigenvalue weighted by molar-refractivity contribution is -0.143. The van der Waals surface area contributed by atoms with Crippen molar-refractivity contribution in [1.82, 2.24) is 5.32 Å². The Morgan fingerprint density at radius 2 is 1.76 bits per heavy atom. The molecule has 0 aliphatic rings. The summed E-state index contributed by atoms with van der Waals surface area (Å²) in [4.78, 5) is 33.7. The number of rotatable bonds is 8. The summed E-state index contributed by atoms with van der Waals surface area (Å²) < 4.78 is 0. The van der Waals surface area contributed by atoms with E-state index in [-0.39, 0.29) is 19.4 Å². The first-order valence-electron chi connectivity index (χ1n) is 6.45. The highest BCUT2D eigenvalue weighted by Gasteiger charge is 2.25. The zero-order chi connectivity index (χ0) is 15.8. The average molecular weight is 294 g/mol. The van der Waals surface area contributed by atoms with E-state index in [1.807, 2.05) is 0 Å². The molecule has 5 N–H and O–H groups in total. The Morgan fingerprint density at radius 1 is 1.14 bits per heavy atom. The molecule has 1 aromatic carbocycles. The maximum atomic E-state index is 12.1. The highest BCUT2D eigenvalue weighted by atomic mass is 16.4. The van der Waals surface area contributed by atoms with Gasteiger partial charge in [-0.05, 0) is 12.0 Å². The van der Waals surface area contributed by atoms with Crippen LogP contribution in [0.3, 0.4) is 0 Å². The standard InChI is InChI=1S/C14H18N2O5/c15-8-10(9-4-2-1-3-5-9)13(19)16-11(14(20)21)6-7-12(17)18/h1-5,10-11H,6-8,15H2,(H,16,19)(H,17,18)(H,20,21). The van der Waals surface area contributed by atoms with Crippen LogP contribution in [0.1, 0.15) is 24.3 Å². The first-order valence-corrected chi connectivity index (χ1v) is 6.45. The molecule has 0 heterocycles. The van der Waals surface area contributed by atoms with Gasteiger partial charge >= 0.3 is 11.9 Å². The van der Waals surface area contributed by atoms with Crippen molar-refractivity contribution < 1.29 is 24.6 Å². The van der Waals surface area contributed by atoms with Crippen molar-refractivity contribution in [2.75, 3.05) is 6.54 Å². The number of carboxylic acid groups (broad SMARTS) is 2. The second-order valence-corrected chi connectivity index (χ2v) is 4.53. The lowest BCUT2D eigenvalue weighted by atomic mass is 9.97. The van der Waals surface area contributed by atoms with Crippen molar-refractivity contribution >= 4 is 17.8 Å². The van der Waals surface area contributed by atoms with Crippen molar-refractivity contribution in [3.8, 4) is 0 Å². The van der Waals surface area contributed by atoms with Crippen molar-refractivity contribution in [2.45, 2.75) is 24.8 Å². The number of benzene rings is 1. The van der Waals surface area contributed by atoms with Crippen molar-refractivity contribution in [1.29, 1.82) is 0 Å². The van der Waals surface area contributed by atoms with Crippen molar-refractivity contribution in [2.24, 2.45) is 5.73 Å². The smallest absolute Gasteiger partial charge is 0.326 e. The number of nitrogens with two attached hydrogens (primary N) is 1. The van der Waals surface area contributed by atoms with Crippen molar-refractivity contribution in [3.63, 3.8) is 0 Å². The van der Waals surface area contributed by atoms with Gasteiger partial charge in [-0.25, -0.2) is 4.79 Å². The van der Waals surface area contributed by atoms with Gasteiger partial charge in [0.1, 0.15) is 6.04 Å². The van der Waals surface area contributed by atoms with Crippen molar-refractivity contribution in [3.05, 3.63) is 35.9 Å². The number of carbonyl (C=O) groups excluding carboxylic acids is 1. The largest absolute Gasteiger partial charge is 0.481 e. The van der Waals surface area contributed by atoms with Crippen LogP contribution in [0.2, 0.25) is 0 Å². The number of nitrogens with one attached hydrogen (secondary N) is 1. The molecule has 0 spiro atoms. The maximum Gasteiger partial charge on any atom is 0.326 e. The molecule has 0 bridgehead atoms. The van der Waals surface area contributed by atoms with Crippen LogP contribution in [0.4, 0.5) is 0 Å². The Hall–Kier alpha value is -2.41. The van der Waals surface area contributed by atoms with E-state index in [2.05, 4.69) is 5.32 Å². The van der Waals surface area contributed by atoms with Gasteiger partial charge in [0.2, 0.25) is 5.91 Å². The van der Waals surface area contributed by atoms with E-state index < -0.39 is 29.8 Å². The number of carboxylic acids is 2. The van der Waals surface area contributed by atoms with Gasteiger partial charge in [0.05, 0.1) is 5.92 Å². The second-order valence-electron chi connectivity index (χ2n) is 4.53. The predicted molar refractivity (Wildman–Crippen MR) is 74.7 cm³/mol. The fourth-order valence-corrected chi connectivity index (χ4v) is 1.88. The molecule has 0 aromatic heterocycles. The Labute approximate surface area is 121 Å². The van der Waals surface area contributed by atoms with Crippen LogP contribution in [0.15, 0.2) is 30.3 Å². The summed E-state index contributed by atoms with van der Waals surface area (Å²) in [7, 11) is 0. The number of hydrogen-bond donors (Lipinski definition) is 4. The first kappa shape index (κ1) is 16.6. The van der Waals surface area contributed by atoms with Crippen LogP contribution in [0.25, 0.3) is 0 Å². The second kappa shape index (κ2) is 8.01. The molecule has 0 aliphatic carbocycles. The molecule has 2 atom stereocenters. The van der Waals surface area contributed by atoms with E-state index in [9.17, 15) is 14.4 Å². The van der Waals surface area contributed by atoms with Crippen LogP contribution in [0, 0.1) is 0 Å². The highest BCUT2D eigenvalue weighted by Crippen LogP contribution is 2.15. The summed E-state index contributed by atoms with van der Waals surface area (Å²) in [5, 5.41) is 19.9. The summed E-state index contributed by atoms with van der Waals surface area (Å²) in [6, 6.07) is 7.51. The topological polar surface area (TPSA) is 130 Å².